The van der Waals surface area contributed by atoms with E-state index in [4.69, 9.17) is 11.6 Å². The van der Waals surface area contributed by atoms with Crippen LogP contribution in [0.1, 0.15) is 19.0 Å². The third-order valence-electron chi connectivity index (χ3n) is 2.34. The topological polar surface area (TPSA) is 38.7 Å². The zero-order valence-electron chi connectivity index (χ0n) is 9.62. The Morgan fingerprint density at radius 3 is 2.83 bits per heavy atom. The lowest BCUT2D eigenvalue weighted by Crippen LogP contribution is -2.02. The molecule has 0 aromatic carbocycles. The zero-order valence-corrected chi connectivity index (χ0v) is 14.1. The average Bonchev–Trinajstić information content (AvgIpc) is 2.35. The molecule has 0 fully saturated rings. The Morgan fingerprint density at radius 1 is 1.39 bits per heavy atom. The van der Waals surface area contributed by atoms with E-state index < -0.39 is 0 Å². The molecule has 0 saturated carbocycles. The number of hydrogen-bond acceptors (Lipinski definition) is 3. The Labute approximate surface area is 133 Å². The van der Waals surface area contributed by atoms with Crippen LogP contribution in [0.3, 0.4) is 0 Å². The minimum Gasteiger partial charge on any atom is -0.252 e. The minimum atomic E-state index is 0.488. The Bertz CT molecular complexity index is 577. The molecule has 0 saturated heterocycles. The maximum Gasteiger partial charge on any atom is 0.181 e. The summed E-state index contributed by atoms with van der Waals surface area (Å²) in [5, 5.41) is 0.488. The third kappa shape index (κ3) is 3.00. The highest BCUT2D eigenvalue weighted by Gasteiger charge is 2.14. The Morgan fingerprint density at radius 2 is 2.17 bits per heavy atom. The molecule has 0 aliphatic heterocycles. The summed E-state index contributed by atoms with van der Waals surface area (Å²) in [6.45, 7) is 2.11. The zero-order chi connectivity index (χ0) is 13.1. The molecule has 0 aliphatic carbocycles. The number of pyridine rings is 1. The second kappa shape index (κ2) is 6.25. The van der Waals surface area contributed by atoms with Gasteiger partial charge in [-0.3, -0.25) is 4.98 Å². The standard InChI is InChI=1S/C12H10BrClIN3/c1-2-4-8-9(15)11(14)18-12(17-8)10-7(13)5-3-6-16-10/h3,5-6H,2,4H2,1H3. The quantitative estimate of drug-likeness (QED) is 0.523. The third-order valence-corrected chi connectivity index (χ3v) is 4.70. The highest BCUT2D eigenvalue weighted by Crippen LogP contribution is 2.27. The molecule has 0 N–H and O–H groups in total. The molecule has 0 bridgehead atoms. The molecular formula is C12H10BrClIN3. The largest absolute Gasteiger partial charge is 0.252 e. The van der Waals surface area contributed by atoms with Crippen molar-refractivity contribution in [2.24, 2.45) is 0 Å². The van der Waals surface area contributed by atoms with Crippen LogP contribution in [0.15, 0.2) is 22.8 Å². The van der Waals surface area contributed by atoms with Gasteiger partial charge in [-0.15, -0.1) is 0 Å². The highest BCUT2D eigenvalue weighted by molar-refractivity contribution is 14.1. The van der Waals surface area contributed by atoms with Crippen molar-refractivity contribution in [3.05, 3.63) is 37.2 Å². The molecule has 94 valence electrons. The molecule has 0 amide bonds. The van der Waals surface area contributed by atoms with Crippen LogP contribution in [0.5, 0.6) is 0 Å². The van der Waals surface area contributed by atoms with Crippen molar-refractivity contribution in [1.29, 1.82) is 0 Å². The van der Waals surface area contributed by atoms with E-state index in [1.165, 1.54) is 0 Å². The van der Waals surface area contributed by atoms with Crippen LogP contribution in [0, 0.1) is 3.57 Å². The van der Waals surface area contributed by atoms with Gasteiger partial charge in [-0.2, -0.15) is 0 Å². The van der Waals surface area contributed by atoms with Crippen LogP contribution < -0.4 is 0 Å². The van der Waals surface area contributed by atoms with Gasteiger partial charge in [-0.1, -0.05) is 24.9 Å². The van der Waals surface area contributed by atoms with Gasteiger partial charge in [-0.05, 0) is 57.1 Å². The summed E-state index contributed by atoms with van der Waals surface area (Å²) in [7, 11) is 0. The molecule has 0 aliphatic rings. The fraction of sp³-hybridized carbons (Fsp3) is 0.250. The van der Waals surface area contributed by atoms with E-state index >= 15 is 0 Å². The van der Waals surface area contributed by atoms with Crippen LogP contribution in [0.4, 0.5) is 0 Å². The van der Waals surface area contributed by atoms with Crippen LogP contribution in [-0.2, 0) is 6.42 Å². The number of aromatic nitrogens is 3. The lowest BCUT2D eigenvalue weighted by atomic mass is 10.2. The van der Waals surface area contributed by atoms with Crippen LogP contribution >= 0.6 is 50.1 Å². The van der Waals surface area contributed by atoms with Crippen molar-refractivity contribution in [2.45, 2.75) is 19.8 Å². The first-order chi connectivity index (χ1) is 8.63. The summed E-state index contributed by atoms with van der Waals surface area (Å²) < 4.78 is 1.79. The molecule has 0 spiro atoms. The first-order valence-electron chi connectivity index (χ1n) is 5.46. The van der Waals surface area contributed by atoms with E-state index in [0.717, 1.165) is 26.6 Å². The monoisotopic (exact) mass is 437 g/mol. The molecule has 3 nitrogen and oxygen atoms in total. The van der Waals surface area contributed by atoms with Crippen molar-refractivity contribution < 1.29 is 0 Å². The fourth-order valence-electron chi connectivity index (χ4n) is 1.52. The molecule has 0 unspecified atom stereocenters. The van der Waals surface area contributed by atoms with Crippen LogP contribution in [0.25, 0.3) is 11.5 Å². The van der Waals surface area contributed by atoms with E-state index in [9.17, 15) is 0 Å². The summed E-state index contributed by atoms with van der Waals surface area (Å²) in [6.07, 6.45) is 3.62. The van der Waals surface area contributed by atoms with Gasteiger partial charge in [0.1, 0.15) is 10.8 Å². The maximum atomic E-state index is 6.16. The molecule has 18 heavy (non-hydrogen) atoms. The number of aryl methyl sites for hydroxylation is 1. The van der Waals surface area contributed by atoms with E-state index in [2.05, 4.69) is 60.4 Å². The van der Waals surface area contributed by atoms with E-state index in [1.807, 2.05) is 12.1 Å². The second-order valence-electron chi connectivity index (χ2n) is 3.68. The van der Waals surface area contributed by atoms with Crippen molar-refractivity contribution in [3.63, 3.8) is 0 Å². The summed E-state index contributed by atoms with van der Waals surface area (Å²) in [5.41, 5.74) is 1.69. The van der Waals surface area contributed by atoms with Gasteiger partial charge >= 0.3 is 0 Å². The first kappa shape index (κ1) is 14.1. The van der Waals surface area contributed by atoms with Crippen molar-refractivity contribution in [3.8, 4) is 11.5 Å². The predicted molar refractivity (Wildman–Crippen MR) is 84.7 cm³/mol. The van der Waals surface area contributed by atoms with Crippen molar-refractivity contribution in [1.82, 2.24) is 15.0 Å². The lowest BCUT2D eigenvalue weighted by Gasteiger charge is -2.08. The molecule has 6 heteroatoms. The number of hydrogen-bond donors (Lipinski definition) is 0. The van der Waals surface area contributed by atoms with Gasteiger partial charge in [0.15, 0.2) is 5.82 Å². The Kier molecular flexibility index (Phi) is 4.91. The van der Waals surface area contributed by atoms with E-state index in [1.54, 1.807) is 6.20 Å². The molecule has 2 heterocycles. The van der Waals surface area contributed by atoms with Crippen LogP contribution in [-0.4, -0.2) is 15.0 Å². The van der Waals surface area contributed by atoms with Gasteiger partial charge in [0.2, 0.25) is 0 Å². The molecule has 2 aromatic rings. The molecular weight excluding hydrogens is 428 g/mol. The van der Waals surface area contributed by atoms with E-state index in [0.29, 0.717) is 16.7 Å². The van der Waals surface area contributed by atoms with E-state index in [-0.39, 0.29) is 0 Å². The molecule has 0 atom stereocenters. The predicted octanol–water partition coefficient (Wildman–Crippen LogP) is 4.51. The van der Waals surface area contributed by atoms with Crippen molar-refractivity contribution in [2.75, 3.05) is 0 Å². The summed E-state index contributed by atoms with van der Waals surface area (Å²) in [5.74, 6) is 0.566. The van der Waals surface area contributed by atoms with Gasteiger partial charge in [0.05, 0.1) is 9.26 Å². The van der Waals surface area contributed by atoms with Gasteiger partial charge in [0, 0.05) is 10.7 Å². The Balaban J connectivity index is 2.56. The SMILES string of the molecule is CCCc1nc(-c2ncccc2Br)nc(Cl)c1I. The molecule has 2 aromatic heterocycles. The maximum absolute atomic E-state index is 6.16. The van der Waals surface area contributed by atoms with Gasteiger partial charge in [0.25, 0.3) is 0 Å². The Hall–Kier alpha value is -0.270. The fourth-order valence-corrected chi connectivity index (χ4v) is 2.65. The number of halogens is 3. The number of nitrogens with zero attached hydrogens (tertiary/aromatic N) is 3. The number of rotatable bonds is 3. The van der Waals surface area contributed by atoms with Gasteiger partial charge in [-0.25, -0.2) is 9.97 Å². The first-order valence-corrected chi connectivity index (χ1v) is 7.71. The summed E-state index contributed by atoms with van der Waals surface area (Å²) in [6, 6.07) is 3.77. The second-order valence-corrected chi connectivity index (χ2v) is 5.97. The lowest BCUT2D eigenvalue weighted by molar-refractivity contribution is 0.865. The highest BCUT2D eigenvalue weighted by atomic mass is 127. The molecule has 2 rings (SSSR count). The molecule has 0 radical (unpaired) electrons. The van der Waals surface area contributed by atoms with Gasteiger partial charge < -0.3 is 0 Å². The normalized spacial score (nSPS) is 10.7. The summed E-state index contributed by atoms with van der Waals surface area (Å²) in [4.78, 5) is 13.1. The van der Waals surface area contributed by atoms with Crippen molar-refractivity contribution >= 4 is 50.1 Å². The van der Waals surface area contributed by atoms with Crippen LogP contribution in [0.2, 0.25) is 5.15 Å². The summed E-state index contributed by atoms with van der Waals surface area (Å²) >= 11 is 11.8. The minimum absolute atomic E-state index is 0.488. The average molecular weight is 438 g/mol. The smallest absolute Gasteiger partial charge is 0.181 e.